The lowest BCUT2D eigenvalue weighted by Crippen LogP contribution is -2.45. The van der Waals surface area contributed by atoms with E-state index < -0.39 is 0 Å². The molecule has 0 aromatic heterocycles. The number of benzene rings is 1. The lowest BCUT2D eigenvalue weighted by atomic mass is 10.0. The van der Waals surface area contributed by atoms with E-state index in [0.717, 1.165) is 13.0 Å². The van der Waals surface area contributed by atoms with Crippen LogP contribution in [-0.4, -0.2) is 30.1 Å². The number of hydrogen-bond donors (Lipinski definition) is 0. The van der Waals surface area contributed by atoms with Gasteiger partial charge in [0.1, 0.15) is 6.04 Å². The van der Waals surface area contributed by atoms with Crippen LogP contribution in [0.5, 0.6) is 0 Å². The average molecular weight is 259 g/mol. The molecule has 1 aromatic rings. The molecule has 2 unspecified atom stereocenters. The Labute approximate surface area is 114 Å². The first-order valence-corrected chi connectivity index (χ1v) is 6.86. The van der Waals surface area contributed by atoms with Gasteiger partial charge in [-0.25, -0.2) is 0 Å². The minimum atomic E-state index is -0.167. The maximum atomic E-state index is 12.0. The molecule has 0 fully saturated rings. The normalized spacial score (nSPS) is 21.1. The third-order valence-corrected chi connectivity index (χ3v) is 3.58. The van der Waals surface area contributed by atoms with Crippen LogP contribution in [0, 0.1) is 0 Å². The number of ether oxygens (including phenoxy) is 1. The summed E-state index contributed by atoms with van der Waals surface area (Å²) in [5.74, 6) is -0.116. The highest BCUT2D eigenvalue weighted by Gasteiger charge is 2.31. The van der Waals surface area contributed by atoms with Crippen molar-refractivity contribution in [3.63, 3.8) is 0 Å². The Morgan fingerprint density at radius 3 is 2.79 bits per heavy atom. The summed E-state index contributed by atoms with van der Waals surface area (Å²) in [6, 6.07) is 10.3. The molecule has 0 N–H and O–H groups in total. The van der Waals surface area contributed by atoms with Crippen molar-refractivity contribution in [3.8, 4) is 0 Å². The third-order valence-electron chi connectivity index (χ3n) is 3.58. The molecule has 1 aliphatic rings. The zero-order valence-corrected chi connectivity index (χ0v) is 11.6. The van der Waals surface area contributed by atoms with E-state index in [1.165, 1.54) is 5.56 Å². The second kappa shape index (κ2) is 6.53. The summed E-state index contributed by atoms with van der Waals surface area (Å²) in [4.78, 5) is 14.2. The standard InChI is InChI=1S/C16H21NO2/c1-3-19-16(18)15-11-7-8-12-17(15)13(2)14-9-5-4-6-10-14/h4-10,13,15H,3,11-12H2,1-2H3. The van der Waals surface area contributed by atoms with Gasteiger partial charge >= 0.3 is 5.97 Å². The molecule has 19 heavy (non-hydrogen) atoms. The molecule has 1 aliphatic heterocycles. The van der Waals surface area contributed by atoms with Crippen molar-refractivity contribution in [1.82, 2.24) is 4.90 Å². The average Bonchev–Trinajstić information content (AvgIpc) is 2.47. The van der Waals surface area contributed by atoms with E-state index in [2.05, 4.69) is 36.1 Å². The first-order valence-electron chi connectivity index (χ1n) is 6.86. The monoisotopic (exact) mass is 259 g/mol. The van der Waals surface area contributed by atoms with E-state index in [-0.39, 0.29) is 18.1 Å². The molecule has 3 nitrogen and oxygen atoms in total. The van der Waals surface area contributed by atoms with E-state index in [1.807, 2.05) is 25.1 Å². The Hall–Kier alpha value is -1.61. The quantitative estimate of drug-likeness (QED) is 0.615. The fourth-order valence-electron chi connectivity index (χ4n) is 2.51. The molecule has 0 aliphatic carbocycles. The molecule has 0 bridgehead atoms. The van der Waals surface area contributed by atoms with Crippen LogP contribution in [-0.2, 0) is 9.53 Å². The highest BCUT2D eigenvalue weighted by atomic mass is 16.5. The van der Waals surface area contributed by atoms with E-state index in [4.69, 9.17) is 4.74 Å². The lowest BCUT2D eigenvalue weighted by Gasteiger charge is -2.36. The van der Waals surface area contributed by atoms with Gasteiger partial charge in [0.2, 0.25) is 0 Å². The summed E-state index contributed by atoms with van der Waals surface area (Å²) < 4.78 is 5.18. The highest BCUT2D eigenvalue weighted by Crippen LogP contribution is 2.26. The molecule has 0 radical (unpaired) electrons. The van der Waals surface area contributed by atoms with Gasteiger partial charge in [-0.1, -0.05) is 42.5 Å². The van der Waals surface area contributed by atoms with E-state index >= 15 is 0 Å². The van der Waals surface area contributed by atoms with Gasteiger partial charge in [-0.2, -0.15) is 0 Å². The van der Waals surface area contributed by atoms with Crippen LogP contribution in [0.15, 0.2) is 42.5 Å². The Bertz CT molecular complexity index is 441. The minimum absolute atomic E-state index is 0.116. The Morgan fingerprint density at radius 1 is 1.37 bits per heavy atom. The maximum Gasteiger partial charge on any atom is 0.323 e. The lowest BCUT2D eigenvalue weighted by molar-refractivity contribution is -0.150. The predicted molar refractivity (Wildman–Crippen MR) is 75.7 cm³/mol. The third kappa shape index (κ3) is 3.24. The van der Waals surface area contributed by atoms with Crippen molar-refractivity contribution < 1.29 is 9.53 Å². The van der Waals surface area contributed by atoms with Crippen molar-refractivity contribution >= 4 is 5.97 Å². The zero-order valence-electron chi connectivity index (χ0n) is 11.6. The molecular weight excluding hydrogens is 238 g/mol. The molecule has 0 amide bonds. The summed E-state index contributed by atoms with van der Waals surface area (Å²) in [6.07, 6.45) is 4.92. The first-order chi connectivity index (χ1) is 9.24. The first kappa shape index (κ1) is 13.8. The zero-order chi connectivity index (χ0) is 13.7. The van der Waals surface area contributed by atoms with Gasteiger partial charge in [0.15, 0.2) is 0 Å². The van der Waals surface area contributed by atoms with E-state index in [1.54, 1.807) is 0 Å². The van der Waals surface area contributed by atoms with Crippen molar-refractivity contribution in [3.05, 3.63) is 48.0 Å². The smallest absolute Gasteiger partial charge is 0.323 e. The molecule has 0 saturated heterocycles. The predicted octanol–water partition coefficient (Wildman–Crippen LogP) is 2.94. The molecular formula is C16H21NO2. The van der Waals surface area contributed by atoms with Gasteiger partial charge in [-0.05, 0) is 25.8 Å². The molecule has 0 spiro atoms. The Balaban J connectivity index is 2.16. The van der Waals surface area contributed by atoms with Gasteiger partial charge in [0.05, 0.1) is 6.61 Å². The van der Waals surface area contributed by atoms with Crippen molar-refractivity contribution in [2.45, 2.75) is 32.4 Å². The molecule has 0 saturated carbocycles. The van der Waals surface area contributed by atoms with Gasteiger partial charge in [0.25, 0.3) is 0 Å². The van der Waals surface area contributed by atoms with Gasteiger partial charge in [0, 0.05) is 12.6 Å². The van der Waals surface area contributed by atoms with Gasteiger partial charge in [-0.15, -0.1) is 0 Å². The number of hydrogen-bond acceptors (Lipinski definition) is 3. The number of rotatable bonds is 4. The van der Waals surface area contributed by atoms with Crippen molar-refractivity contribution in [2.75, 3.05) is 13.2 Å². The summed E-state index contributed by atoms with van der Waals surface area (Å²) in [6.45, 7) is 5.22. The number of esters is 1. The Morgan fingerprint density at radius 2 is 2.11 bits per heavy atom. The van der Waals surface area contributed by atoms with Crippen LogP contribution in [0.1, 0.15) is 31.9 Å². The SMILES string of the molecule is CCOC(=O)C1CC=CCN1C(C)c1ccccc1. The van der Waals surface area contributed by atoms with Crippen LogP contribution >= 0.6 is 0 Å². The van der Waals surface area contributed by atoms with Gasteiger partial charge in [-0.3, -0.25) is 9.69 Å². The summed E-state index contributed by atoms with van der Waals surface area (Å²) in [5, 5.41) is 0. The number of carbonyl (C=O) groups is 1. The van der Waals surface area contributed by atoms with Crippen LogP contribution in [0.4, 0.5) is 0 Å². The maximum absolute atomic E-state index is 12.0. The van der Waals surface area contributed by atoms with Crippen molar-refractivity contribution in [2.24, 2.45) is 0 Å². The van der Waals surface area contributed by atoms with Crippen LogP contribution in [0.2, 0.25) is 0 Å². The van der Waals surface area contributed by atoms with Crippen LogP contribution in [0.3, 0.4) is 0 Å². The summed E-state index contributed by atoms with van der Waals surface area (Å²) in [7, 11) is 0. The number of carbonyl (C=O) groups excluding carboxylic acids is 1. The second-order valence-electron chi connectivity index (χ2n) is 4.76. The van der Waals surface area contributed by atoms with Crippen LogP contribution in [0.25, 0.3) is 0 Å². The minimum Gasteiger partial charge on any atom is -0.465 e. The summed E-state index contributed by atoms with van der Waals surface area (Å²) in [5.41, 5.74) is 1.23. The molecule has 2 atom stereocenters. The van der Waals surface area contributed by atoms with Gasteiger partial charge < -0.3 is 4.74 Å². The topological polar surface area (TPSA) is 29.5 Å². The van der Waals surface area contributed by atoms with E-state index in [9.17, 15) is 4.79 Å². The fraction of sp³-hybridized carbons (Fsp3) is 0.438. The van der Waals surface area contributed by atoms with E-state index in [0.29, 0.717) is 6.61 Å². The molecule has 102 valence electrons. The second-order valence-corrected chi connectivity index (χ2v) is 4.76. The number of nitrogens with zero attached hydrogens (tertiary/aromatic N) is 1. The summed E-state index contributed by atoms with van der Waals surface area (Å²) >= 11 is 0. The fourth-order valence-corrected chi connectivity index (χ4v) is 2.51. The van der Waals surface area contributed by atoms with Crippen molar-refractivity contribution in [1.29, 1.82) is 0 Å². The van der Waals surface area contributed by atoms with Crippen LogP contribution < -0.4 is 0 Å². The molecule has 1 aromatic carbocycles. The Kier molecular flexibility index (Phi) is 4.74. The highest BCUT2D eigenvalue weighted by molar-refractivity contribution is 5.76. The molecule has 3 heteroatoms. The molecule has 1 heterocycles. The largest absolute Gasteiger partial charge is 0.465 e. The molecule has 2 rings (SSSR count).